The third kappa shape index (κ3) is 5.41. The highest BCUT2D eigenvalue weighted by atomic mass is 35.5. The first-order valence-electron chi connectivity index (χ1n) is 7.52. The van der Waals surface area contributed by atoms with Gasteiger partial charge in [0.2, 0.25) is 5.78 Å². The third-order valence-electron chi connectivity index (χ3n) is 3.49. The Morgan fingerprint density at radius 3 is 2.32 bits per heavy atom. The Morgan fingerprint density at radius 2 is 1.68 bits per heavy atom. The second kappa shape index (κ2) is 8.27. The summed E-state index contributed by atoms with van der Waals surface area (Å²) in [6.45, 7) is 1.37. The van der Waals surface area contributed by atoms with Crippen molar-refractivity contribution in [2.24, 2.45) is 0 Å². The zero-order chi connectivity index (χ0) is 18.4. The van der Waals surface area contributed by atoms with Gasteiger partial charge >= 0.3 is 5.97 Å². The Labute approximate surface area is 151 Å². The fourth-order valence-electron chi connectivity index (χ4n) is 2.06. The van der Waals surface area contributed by atoms with E-state index in [1.54, 1.807) is 30.3 Å². The first-order chi connectivity index (χ1) is 11.8. The Bertz CT molecular complexity index is 873. The van der Waals surface area contributed by atoms with E-state index in [9.17, 15) is 18.0 Å². The maximum Gasteiger partial charge on any atom is 0.307 e. The van der Waals surface area contributed by atoms with Crippen LogP contribution < -0.4 is 0 Å². The molecule has 0 aliphatic rings. The molecule has 0 fully saturated rings. The van der Waals surface area contributed by atoms with Crippen LogP contribution in [0.15, 0.2) is 53.4 Å². The van der Waals surface area contributed by atoms with E-state index < -0.39 is 28.2 Å². The molecule has 0 N–H and O–H groups in total. The van der Waals surface area contributed by atoms with Crippen molar-refractivity contribution in [3.8, 4) is 0 Å². The number of ether oxygens (including phenoxy) is 1. The molecule has 0 atom stereocenters. The van der Waals surface area contributed by atoms with E-state index in [2.05, 4.69) is 0 Å². The molecule has 7 heteroatoms. The normalized spacial score (nSPS) is 11.1. The third-order valence-corrected chi connectivity index (χ3v) is 5.56. The minimum atomic E-state index is -3.58. The summed E-state index contributed by atoms with van der Waals surface area (Å²) < 4.78 is 29.2. The van der Waals surface area contributed by atoms with Gasteiger partial charge < -0.3 is 4.74 Å². The van der Waals surface area contributed by atoms with Crippen LogP contribution in [0.4, 0.5) is 0 Å². The van der Waals surface area contributed by atoms with E-state index in [1.807, 2.05) is 6.92 Å². The first kappa shape index (κ1) is 19.1. The number of carbonyl (C=O) groups is 2. The molecular weight excluding hydrogens is 364 g/mol. The number of hydrogen-bond acceptors (Lipinski definition) is 5. The van der Waals surface area contributed by atoms with Gasteiger partial charge in [-0.05, 0) is 31.2 Å². The van der Waals surface area contributed by atoms with E-state index in [-0.39, 0.29) is 27.7 Å². The second-order valence-corrected chi connectivity index (χ2v) is 7.96. The van der Waals surface area contributed by atoms with E-state index in [1.165, 1.54) is 18.2 Å². The van der Waals surface area contributed by atoms with Crippen molar-refractivity contribution in [2.75, 3.05) is 12.4 Å². The molecule has 5 nitrogen and oxygen atoms in total. The molecule has 0 bridgehead atoms. The second-order valence-electron chi connectivity index (χ2n) is 5.45. The largest absolute Gasteiger partial charge is 0.457 e. The van der Waals surface area contributed by atoms with E-state index in [4.69, 9.17) is 16.3 Å². The molecule has 0 heterocycles. The Morgan fingerprint density at radius 1 is 1.04 bits per heavy atom. The maximum atomic E-state index is 12.2. The molecule has 0 radical (unpaired) electrons. The van der Waals surface area contributed by atoms with Crippen molar-refractivity contribution in [3.63, 3.8) is 0 Å². The molecule has 2 aromatic rings. The van der Waals surface area contributed by atoms with Gasteiger partial charge in [-0.3, -0.25) is 9.59 Å². The van der Waals surface area contributed by atoms with Gasteiger partial charge in [0.15, 0.2) is 16.4 Å². The summed E-state index contributed by atoms with van der Waals surface area (Å²) in [7, 11) is -3.58. The van der Waals surface area contributed by atoms with Crippen molar-refractivity contribution in [3.05, 3.63) is 64.7 Å². The Kier molecular flexibility index (Phi) is 6.33. The summed E-state index contributed by atoms with van der Waals surface area (Å²) in [6, 6.07) is 12.8. The average Bonchev–Trinajstić information content (AvgIpc) is 2.59. The van der Waals surface area contributed by atoms with Gasteiger partial charge in [-0.25, -0.2) is 8.42 Å². The molecule has 0 saturated carbocycles. The lowest BCUT2D eigenvalue weighted by atomic mass is 10.1. The average molecular weight is 381 g/mol. The fourth-order valence-corrected chi connectivity index (χ4v) is 3.53. The molecule has 0 amide bonds. The number of rotatable bonds is 7. The van der Waals surface area contributed by atoms with Crippen LogP contribution in [-0.4, -0.2) is 32.5 Å². The van der Waals surface area contributed by atoms with E-state index >= 15 is 0 Å². The maximum absolute atomic E-state index is 12.2. The van der Waals surface area contributed by atoms with Gasteiger partial charge in [-0.2, -0.15) is 0 Å². The highest BCUT2D eigenvalue weighted by molar-refractivity contribution is 7.91. The highest BCUT2D eigenvalue weighted by Gasteiger charge is 2.18. The van der Waals surface area contributed by atoms with Crippen LogP contribution in [0.3, 0.4) is 0 Å². The molecule has 25 heavy (non-hydrogen) atoms. The number of hydrogen-bond donors (Lipinski definition) is 0. The molecule has 0 spiro atoms. The Hall–Kier alpha value is -2.18. The van der Waals surface area contributed by atoms with Gasteiger partial charge in [0.25, 0.3) is 0 Å². The first-order valence-corrected chi connectivity index (χ1v) is 9.55. The lowest BCUT2D eigenvalue weighted by molar-refractivity contribution is -0.142. The summed E-state index contributed by atoms with van der Waals surface area (Å²) in [5, 5.41) is 0.269. The summed E-state index contributed by atoms with van der Waals surface area (Å²) in [5.74, 6) is -1.58. The highest BCUT2D eigenvalue weighted by Crippen LogP contribution is 2.16. The number of Topliss-reactive ketones (excluding diaryl/α,β-unsaturated/α-hetero) is 1. The van der Waals surface area contributed by atoms with E-state index in [0.717, 1.165) is 5.56 Å². The van der Waals surface area contributed by atoms with Gasteiger partial charge in [0, 0.05) is 5.56 Å². The zero-order valence-electron chi connectivity index (χ0n) is 13.6. The van der Waals surface area contributed by atoms with Gasteiger partial charge in [0.05, 0.1) is 22.1 Å². The van der Waals surface area contributed by atoms with Crippen molar-refractivity contribution >= 4 is 33.2 Å². The number of halogens is 1. The van der Waals surface area contributed by atoms with Crippen molar-refractivity contribution in [1.82, 2.24) is 0 Å². The number of esters is 1. The Balaban J connectivity index is 1.87. The molecule has 0 aliphatic heterocycles. The molecule has 0 aliphatic carbocycles. The lowest BCUT2D eigenvalue weighted by Gasteiger charge is -2.07. The van der Waals surface area contributed by atoms with Crippen molar-refractivity contribution in [1.29, 1.82) is 0 Å². The zero-order valence-corrected chi connectivity index (χ0v) is 15.1. The number of sulfone groups is 1. The van der Waals surface area contributed by atoms with Gasteiger partial charge in [-0.15, -0.1) is 0 Å². The molecule has 2 rings (SSSR count). The standard InChI is InChI=1S/C18H17ClO5S/c1-13-6-8-14(9-7-13)25(22,23)11-10-18(21)24-12-17(20)15-4-2-3-5-16(15)19/h2-9H,10-12H2,1H3. The minimum Gasteiger partial charge on any atom is -0.457 e. The fraction of sp³-hybridized carbons (Fsp3) is 0.222. The van der Waals surface area contributed by atoms with Crippen LogP contribution in [0.2, 0.25) is 5.02 Å². The van der Waals surface area contributed by atoms with Crippen LogP contribution in [0.25, 0.3) is 0 Å². The van der Waals surface area contributed by atoms with Crippen LogP contribution in [0.5, 0.6) is 0 Å². The SMILES string of the molecule is Cc1ccc(S(=O)(=O)CCC(=O)OCC(=O)c2ccccc2Cl)cc1. The summed E-state index contributed by atoms with van der Waals surface area (Å²) in [6.07, 6.45) is -0.327. The van der Waals surface area contributed by atoms with Gasteiger partial charge in [-0.1, -0.05) is 41.4 Å². The molecule has 0 saturated heterocycles. The monoisotopic (exact) mass is 380 g/mol. The van der Waals surface area contributed by atoms with Crippen LogP contribution in [-0.2, 0) is 19.4 Å². The van der Waals surface area contributed by atoms with Crippen LogP contribution in [0.1, 0.15) is 22.3 Å². The van der Waals surface area contributed by atoms with Crippen LogP contribution >= 0.6 is 11.6 Å². The number of aryl methyl sites for hydroxylation is 1. The predicted octanol–water partition coefficient (Wildman–Crippen LogP) is 3.24. The smallest absolute Gasteiger partial charge is 0.307 e. The lowest BCUT2D eigenvalue weighted by Crippen LogP contribution is -2.17. The quantitative estimate of drug-likeness (QED) is 0.544. The summed E-state index contributed by atoms with van der Waals surface area (Å²) >= 11 is 5.89. The number of ketones is 1. The van der Waals surface area contributed by atoms with Gasteiger partial charge in [0.1, 0.15) is 0 Å². The molecule has 132 valence electrons. The molecule has 0 unspecified atom stereocenters. The summed E-state index contributed by atoms with van der Waals surface area (Å²) in [4.78, 5) is 23.8. The molecule has 2 aromatic carbocycles. The number of benzene rings is 2. The minimum absolute atomic E-state index is 0.151. The van der Waals surface area contributed by atoms with E-state index in [0.29, 0.717) is 0 Å². The molecule has 0 aromatic heterocycles. The van der Waals surface area contributed by atoms with Crippen molar-refractivity contribution < 1.29 is 22.7 Å². The summed E-state index contributed by atoms with van der Waals surface area (Å²) in [5.41, 5.74) is 1.20. The van der Waals surface area contributed by atoms with Crippen LogP contribution in [0, 0.1) is 6.92 Å². The molecular formula is C18H17ClO5S. The van der Waals surface area contributed by atoms with Crippen molar-refractivity contribution in [2.45, 2.75) is 18.2 Å². The predicted molar refractivity (Wildman–Crippen MR) is 94.6 cm³/mol. The topological polar surface area (TPSA) is 77.5 Å². The number of carbonyl (C=O) groups excluding carboxylic acids is 2.